The molecule has 9 nitrogen and oxygen atoms in total. The standard InChI is InChI=1S/C21H22F2N6O3/c1-13(30)10-29-11-18(9-27-29)28-21-25-7-17(8-26-21)15-3-4-16(6-24)19(5-15)32-14(2)12-31-20(22)23/h3-5,7-9,11,13-14,20,30H,10,12H2,1-2H3,(H,25,26,28). The minimum atomic E-state index is -2.89. The van der Waals surface area contributed by atoms with Crippen LogP contribution in [0, 0.1) is 11.3 Å². The molecule has 0 spiro atoms. The first-order valence-corrected chi connectivity index (χ1v) is 9.74. The highest BCUT2D eigenvalue weighted by atomic mass is 19.3. The second-order valence-corrected chi connectivity index (χ2v) is 7.07. The zero-order chi connectivity index (χ0) is 23.1. The molecule has 0 amide bonds. The Bertz CT molecular complexity index is 1070. The van der Waals surface area contributed by atoms with Gasteiger partial charge in [0.1, 0.15) is 17.9 Å². The summed E-state index contributed by atoms with van der Waals surface area (Å²) in [6.07, 6.45) is 5.34. The SMILES string of the molecule is CC(O)Cn1cc(Nc2ncc(-c3ccc(C#N)c(OC(C)COC(F)F)c3)cn2)cn1. The molecule has 32 heavy (non-hydrogen) atoms. The molecule has 2 aromatic heterocycles. The number of benzene rings is 1. The number of rotatable bonds is 10. The van der Waals surface area contributed by atoms with E-state index in [-0.39, 0.29) is 17.9 Å². The molecule has 0 aliphatic heterocycles. The zero-order valence-corrected chi connectivity index (χ0v) is 17.4. The molecule has 1 aromatic carbocycles. The Hall–Kier alpha value is -3.62. The van der Waals surface area contributed by atoms with Gasteiger partial charge in [0, 0.05) is 24.2 Å². The minimum Gasteiger partial charge on any atom is -0.487 e. The van der Waals surface area contributed by atoms with Crippen molar-refractivity contribution in [2.75, 3.05) is 11.9 Å². The van der Waals surface area contributed by atoms with Crippen molar-refractivity contribution in [2.45, 2.75) is 39.2 Å². The lowest BCUT2D eigenvalue weighted by Crippen LogP contribution is -2.21. The highest BCUT2D eigenvalue weighted by molar-refractivity contribution is 5.66. The van der Waals surface area contributed by atoms with Crippen LogP contribution in [-0.2, 0) is 11.3 Å². The summed E-state index contributed by atoms with van der Waals surface area (Å²) >= 11 is 0. The molecular weight excluding hydrogens is 422 g/mol. The second kappa shape index (κ2) is 10.6. The summed E-state index contributed by atoms with van der Waals surface area (Å²) in [6.45, 7) is 0.415. The Balaban J connectivity index is 1.71. The van der Waals surface area contributed by atoms with Crippen LogP contribution in [0.4, 0.5) is 20.4 Å². The normalized spacial score (nSPS) is 12.9. The molecule has 0 aliphatic rings. The van der Waals surface area contributed by atoms with Crippen molar-refractivity contribution in [1.82, 2.24) is 19.7 Å². The van der Waals surface area contributed by atoms with Gasteiger partial charge in [-0.15, -0.1) is 0 Å². The largest absolute Gasteiger partial charge is 0.487 e. The number of hydrogen-bond donors (Lipinski definition) is 2. The Labute approximate surface area is 183 Å². The van der Waals surface area contributed by atoms with Gasteiger partial charge in [0.05, 0.1) is 36.7 Å². The van der Waals surface area contributed by atoms with E-state index in [4.69, 9.17) is 4.74 Å². The summed E-state index contributed by atoms with van der Waals surface area (Å²) in [5.74, 6) is 0.608. The molecular formula is C21H22F2N6O3. The summed E-state index contributed by atoms with van der Waals surface area (Å²) in [4.78, 5) is 8.57. The molecule has 0 bridgehead atoms. The lowest BCUT2D eigenvalue weighted by molar-refractivity contribution is -0.142. The van der Waals surface area contributed by atoms with E-state index in [1.807, 2.05) is 6.07 Å². The second-order valence-electron chi connectivity index (χ2n) is 7.07. The first-order chi connectivity index (χ1) is 15.3. The highest BCUT2D eigenvalue weighted by Gasteiger charge is 2.13. The zero-order valence-electron chi connectivity index (χ0n) is 17.4. The van der Waals surface area contributed by atoms with Crippen LogP contribution in [0.25, 0.3) is 11.1 Å². The minimum absolute atomic E-state index is 0.253. The quantitative estimate of drug-likeness (QED) is 0.489. The van der Waals surface area contributed by atoms with Crippen molar-refractivity contribution in [3.8, 4) is 22.9 Å². The maximum atomic E-state index is 12.2. The summed E-state index contributed by atoms with van der Waals surface area (Å²) in [7, 11) is 0. The molecule has 0 fully saturated rings. The maximum Gasteiger partial charge on any atom is 0.345 e. The maximum absolute atomic E-state index is 12.2. The van der Waals surface area contributed by atoms with Gasteiger partial charge in [-0.25, -0.2) is 9.97 Å². The van der Waals surface area contributed by atoms with Crippen LogP contribution in [0.1, 0.15) is 19.4 Å². The molecule has 2 N–H and O–H groups in total. The van der Waals surface area contributed by atoms with Crippen LogP contribution in [0.5, 0.6) is 5.75 Å². The van der Waals surface area contributed by atoms with Gasteiger partial charge in [-0.2, -0.15) is 19.1 Å². The van der Waals surface area contributed by atoms with Crippen LogP contribution >= 0.6 is 0 Å². The van der Waals surface area contributed by atoms with E-state index in [9.17, 15) is 19.1 Å². The average Bonchev–Trinajstić information content (AvgIpc) is 3.18. The van der Waals surface area contributed by atoms with E-state index in [1.165, 1.54) is 0 Å². The lowest BCUT2D eigenvalue weighted by Gasteiger charge is -2.16. The number of aromatic nitrogens is 4. The van der Waals surface area contributed by atoms with Crippen molar-refractivity contribution < 1.29 is 23.4 Å². The van der Waals surface area contributed by atoms with Gasteiger partial charge in [-0.3, -0.25) is 4.68 Å². The number of hydrogen-bond acceptors (Lipinski definition) is 8. The number of nitrogens with zero attached hydrogens (tertiary/aromatic N) is 5. The summed E-state index contributed by atoms with van der Waals surface area (Å²) < 4.78 is 35.9. The molecule has 0 radical (unpaired) electrons. The molecule has 3 aromatic rings. The van der Waals surface area contributed by atoms with Crippen molar-refractivity contribution in [1.29, 1.82) is 5.26 Å². The van der Waals surface area contributed by atoms with Crippen LogP contribution in [-0.4, -0.2) is 50.3 Å². The summed E-state index contributed by atoms with van der Waals surface area (Å²) in [5.41, 5.74) is 2.31. The third-order valence-corrected chi connectivity index (χ3v) is 4.21. The molecule has 0 aliphatic carbocycles. The van der Waals surface area contributed by atoms with E-state index in [0.717, 1.165) is 0 Å². The van der Waals surface area contributed by atoms with E-state index in [1.54, 1.807) is 61.5 Å². The van der Waals surface area contributed by atoms with Gasteiger partial charge in [0.2, 0.25) is 5.95 Å². The van der Waals surface area contributed by atoms with Crippen molar-refractivity contribution >= 4 is 11.6 Å². The average molecular weight is 444 g/mol. The fourth-order valence-electron chi connectivity index (χ4n) is 2.82. The topological polar surface area (TPSA) is 118 Å². The molecule has 3 rings (SSSR count). The van der Waals surface area contributed by atoms with Gasteiger partial charge < -0.3 is 19.9 Å². The number of nitriles is 1. The molecule has 0 saturated carbocycles. The van der Waals surface area contributed by atoms with E-state index >= 15 is 0 Å². The Kier molecular flexibility index (Phi) is 7.64. The van der Waals surface area contributed by atoms with E-state index in [0.29, 0.717) is 29.3 Å². The molecule has 2 heterocycles. The fraction of sp³-hybridized carbons (Fsp3) is 0.333. The number of ether oxygens (including phenoxy) is 2. The van der Waals surface area contributed by atoms with Gasteiger partial charge in [0.15, 0.2) is 0 Å². The molecule has 11 heteroatoms. The first kappa shape index (κ1) is 23.1. The van der Waals surface area contributed by atoms with Gasteiger partial charge in [-0.05, 0) is 31.5 Å². The van der Waals surface area contributed by atoms with Gasteiger partial charge in [-0.1, -0.05) is 6.07 Å². The van der Waals surface area contributed by atoms with Crippen LogP contribution in [0.15, 0.2) is 43.0 Å². The molecule has 2 atom stereocenters. The number of anilines is 2. The number of aliphatic hydroxyl groups excluding tert-OH is 1. The number of nitrogens with one attached hydrogen (secondary N) is 1. The predicted octanol–water partition coefficient (Wildman–Crippen LogP) is 3.34. The Morgan fingerprint density at radius 3 is 2.59 bits per heavy atom. The van der Waals surface area contributed by atoms with Gasteiger partial charge >= 0.3 is 6.61 Å². The van der Waals surface area contributed by atoms with Crippen molar-refractivity contribution in [3.05, 3.63) is 48.5 Å². The smallest absolute Gasteiger partial charge is 0.345 e. The highest BCUT2D eigenvalue weighted by Crippen LogP contribution is 2.28. The monoisotopic (exact) mass is 444 g/mol. The fourth-order valence-corrected chi connectivity index (χ4v) is 2.82. The van der Waals surface area contributed by atoms with Crippen LogP contribution in [0.2, 0.25) is 0 Å². The third kappa shape index (κ3) is 6.44. The molecule has 168 valence electrons. The van der Waals surface area contributed by atoms with Crippen molar-refractivity contribution in [3.63, 3.8) is 0 Å². The van der Waals surface area contributed by atoms with E-state index < -0.39 is 18.8 Å². The Morgan fingerprint density at radius 2 is 1.94 bits per heavy atom. The molecule has 2 unspecified atom stereocenters. The third-order valence-electron chi connectivity index (χ3n) is 4.21. The number of alkyl halides is 2. The van der Waals surface area contributed by atoms with Crippen LogP contribution < -0.4 is 10.1 Å². The molecule has 0 saturated heterocycles. The number of halogens is 2. The van der Waals surface area contributed by atoms with Gasteiger partial charge in [0.25, 0.3) is 0 Å². The van der Waals surface area contributed by atoms with Crippen molar-refractivity contribution in [2.24, 2.45) is 0 Å². The summed E-state index contributed by atoms with van der Waals surface area (Å²) in [5, 5.41) is 25.9. The van der Waals surface area contributed by atoms with E-state index in [2.05, 4.69) is 25.1 Å². The predicted molar refractivity (Wildman–Crippen MR) is 111 cm³/mol. The first-order valence-electron chi connectivity index (χ1n) is 9.74. The Morgan fingerprint density at radius 1 is 1.19 bits per heavy atom. The summed E-state index contributed by atoms with van der Waals surface area (Å²) in [6, 6.07) is 6.94. The lowest BCUT2D eigenvalue weighted by atomic mass is 10.1. The van der Waals surface area contributed by atoms with Crippen LogP contribution in [0.3, 0.4) is 0 Å². The number of aliphatic hydroxyl groups is 1.